The van der Waals surface area contributed by atoms with Crippen molar-refractivity contribution in [2.75, 3.05) is 6.54 Å². The summed E-state index contributed by atoms with van der Waals surface area (Å²) in [6.45, 7) is 6.81. The molecule has 0 bridgehead atoms. The molecule has 0 saturated carbocycles. The molecule has 6 heteroatoms. The zero-order valence-electron chi connectivity index (χ0n) is 12.0. The largest absolute Gasteiger partial charge is 0.460 e. The van der Waals surface area contributed by atoms with Crippen molar-refractivity contribution in [3.8, 4) is 11.5 Å². The number of H-pyrrole nitrogens is 1. The van der Waals surface area contributed by atoms with Gasteiger partial charge in [0.1, 0.15) is 11.5 Å². The molecule has 3 N–H and O–H groups in total. The Hall–Kier alpha value is -2.08. The van der Waals surface area contributed by atoms with Gasteiger partial charge in [-0.05, 0) is 32.9 Å². The fourth-order valence-electron chi connectivity index (χ4n) is 1.91. The lowest BCUT2D eigenvalue weighted by Crippen LogP contribution is -2.41. The molecule has 0 fully saturated rings. The van der Waals surface area contributed by atoms with Crippen LogP contribution < -0.4 is 10.6 Å². The van der Waals surface area contributed by atoms with Crippen LogP contribution in [-0.2, 0) is 11.3 Å². The number of hydrogen-bond donors (Lipinski definition) is 3. The average Bonchev–Trinajstić information content (AvgIpc) is 3.04. The standard InChI is InChI=1S/C14H20N4O2/c1-4-15-14(19)10(3)16-7-11-8-17-18-13(11)12-6-5-9(2)20-12/h5-6,8,10,16H,4,7H2,1-3H3,(H,15,19)(H,17,18). The van der Waals surface area contributed by atoms with E-state index in [0.29, 0.717) is 13.1 Å². The van der Waals surface area contributed by atoms with Gasteiger partial charge in [-0.2, -0.15) is 5.10 Å². The second-order valence-corrected chi connectivity index (χ2v) is 4.68. The summed E-state index contributed by atoms with van der Waals surface area (Å²) in [6.07, 6.45) is 1.74. The topological polar surface area (TPSA) is 83.0 Å². The summed E-state index contributed by atoms with van der Waals surface area (Å²) in [5.74, 6) is 1.60. The summed E-state index contributed by atoms with van der Waals surface area (Å²) in [5.41, 5.74) is 1.81. The van der Waals surface area contributed by atoms with Gasteiger partial charge in [-0.15, -0.1) is 0 Å². The van der Waals surface area contributed by atoms with Crippen LogP contribution in [0.3, 0.4) is 0 Å². The zero-order valence-corrected chi connectivity index (χ0v) is 12.0. The number of amides is 1. The Morgan fingerprint density at radius 2 is 2.30 bits per heavy atom. The summed E-state index contributed by atoms with van der Waals surface area (Å²) in [4.78, 5) is 11.6. The van der Waals surface area contributed by atoms with Crippen LogP contribution in [0.25, 0.3) is 11.5 Å². The Kier molecular flexibility index (Phi) is 4.57. The first-order valence-corrected chi connectivity index (χ1v) is 6.72. The van der Waals surface area contributed by atoms with Gasteiger partial charge in [0.25, 0.3) is 0 Å². The highest BCUT2D eigenvalue weighted by Crippen LogP contribution is 2.23. The van der Waals surface area contributed by atoms with E-state index in [2.05, 4.69) is 20.8 Å². The van der Waals surface area contributed by atoms with Gasteiger partial charge in [-0.1, -0.05) is 0 Å². The first-order valence-electron chi connectivity index (χ1n) is 6.72. The number of nitrogens with zero attached hydrogens (tertiary/aromatic N) is 1. The fraction of sp³-hybridized carbons (Fsp3) is 0.429. The van der Waals surface area contributed by atoms with Crippen molar-refractivity contribution in [3.05, 3.63) is 29.7 Å². The van der Waals surface area contributed by atoms with E-state index in [-0.39, 0.29) is 11.9 Å². The highest BCUT2D eigenvalue weighted by Gasteiger charge is 2.14. The predicted octanol–water partition coefficient (Wildman–Crippen LogP) is 1.59. The van der Waals surface area contributed by atoms with Crippen molar-refractivity contribution < 1.29 is 9.21 Å². The maximum Gasteiger partial charge on any atom is 0.236 e. The summed E-state index contributed by atoms with van der Waals surface area (Å²) >= 11 is 0. The molecule has 0 aliphatic heterocycles. The molecule has 2 rings (SSSR count). The van der Waals surface area contributed by atoms with E-state index in [0.717, 1.165) is 22.8 Å². The quantitative estimate of drug-likeness (QED) is 0.748. The van der Waals surface area contributed by atoms with Crippen LogP contribution >= 0.6 is 0 Å². The molecule has 1 unspecified atom stereocenters. The number of furan rings is 1. The van der Waals surface area contributed by atoms with E-state index >= 15 is 0 Å². The summed E-state index contributed by atoms with van der Waals surface area (Å²) in [7, 11) is 0. The van der Waals surface area contributed by atoms with Crippen LogP contribution in [0, 0.1) is 6.92 Å². The maximum absolute atomic E-state index is 11.6. The van der Waals surface area contributed by atoms with Crippen LogP contribution in [0.1, 0.15) is 25.2 Å². The zero-order chi connectivity index (χ0) is 14.5. The lowest BCUT2D eigenvalue weighted by molar-refractivity contribution is -0.122. The Bertz CT molecular complexity index is 573. The number of likely N-dealkylation sites (N-methyl/N-ethyl adjacent to an activating group) is 1. The molecule has 6 nitrogen and oxygen atoms in total. The molecule has 20 heavy (non-hydrogen) atoms. The number of nitrogens with one attached hydrogen (secondary N) is 3. The second-order valence-electron chi connectivity index (χ2n) is 4.68. The average molecular weight is 276 g/mol. The number of carbonyl (C=O) groups excluding carboxylic acids is 1. The van der Waals surface area contributed by atoms with E-state index < -0.39 is 0 Å². The Balaban J connectivity index is 2.01. The number of hydrogen-bond acceptors (Lipinski definition) is 4. The molecule has 0 radical (unpaired) electrons. The fourth-order valence-corrected chi connectivity index (χ4v) is 1.91. The summed E-state index contributed by atoms with van der Waals surface area (Å²) in [6, 6.07) is 3.56. The van der Waals surface area contributed by atoms with Gasteiger partial charge in [-0.25, -0.2) is 0 Å². The second kappa shape index (κ2) is 6.38. The molecule has 0 spiro atoms. The SMILES string of the molecule is CCNC(=O)C(C)NCc1cn[nH]c1-c1ccc(C)o1. The number of aromatic amines is 1. The lowest BCUT2D eigenvalue weighted by Gasteiger charge is -2.12. The van der Waals surface area contributed by atoms with Crippen molar-refractivity contribution >= 4 is 5.91 Å². The molecule has 108 valence electrons. The van der Waals surface area contributed by atoms with Gasteiger partial charge < -0.3 is 15.1 Å². The van der Waals surface area contributed by atoms with E-state index in [1.54, 1.807) is 6.20 Å². The van der Waals surface area contributed by atoms with E-state index in [9.17, 15) is 4.79 Å². The highest BCUT2D eigenvalue weighted by atomic mass is 16.3. The Labute approximate surface area is 117 Å². The Morgan fingerprint density at radius 3 is 2.95 bits per heavy atom. The van der Waals surface area contributed by atoms with Crippen LogP contribution in [0.2, 0.25) is 0 Å². The molecular weight excluding hydrogens is 256 g/mol. The van der Waals surface area contributed by atoms with Crippen LogP contribution in [0.5, 0.6) is 0 Å². The van der Waals surface area contributed by atoms with E-state index in [4.69, 9.17) is 4.42 Å². The van der Waals surface area contributed by atoms with Crippen molar-refractivity contribution in [3.63, 3.8) is 0 Å². The van der Waals surface area contributed by atoms with E-state index in [1.807, 2.05) is 32.9 Å². The van der Waals surface area contributed by atoms with Gasteiger partial charge in [0.15, 0.2) is 5.76 Å². The molecule has 2 heterocycles. The van der Waals surface area contributed by atoms with Crippen molar-refractivity contribution in [1.82, 2.24) is 20.8 Å². The third kappa shape index (κ3) is 3.27. The summed E-state index contributed by atoms with van der Waals surface area (Å²) < 4.78 is 5.58. The van der Waals surface area contributed by atoms with Crippen molar-refractivity contribution in [2.24, 2.45) is 0 Å². The molecule has 0 aromatic carbocycles. The maximum atomic E-state index is 11.6. The highest BCUT2D eigenvalue weighted by molar-refractivity contribution is 5.81. The van der Waals surface area contributed by atoms with Gasteiger partial charge in [-0.3, -0.25) is 9.89 Å². The third-order valence-corrected chi connectivity index (χ3v) is 3.05. The van der Waals surface area contributed by atoms with Crippen molar-refractivity contribution in [2.45, 2.75) is 33.4 Å². The molecular formula is C14H20N4O2. The van der Waals surface area contributed by atoms with Gasteiger partial charge in [0, 0.05) is 18.7 Å². The van der Waals surface area contributed by atoms with Gasteiger partial charge >= 0.3 is 0 Å². The van der Waals surface area contributed by atoms with E-state index in [1.165, 1.54) is 0 Å². The van der Waals surface area contributed by atoms with Gasteiger partial charge in [0.05, 0.1) is 12.2 Å². The minimum atomic E-state index is -0.254. The molecule has 2 aromatic heterocycles. The van der Waals surface area contributed by atoms with Crippen LogP contribution in [0.4, 0.5) is 0 Å². The molecule has 0 aliphatic rings. The molecule has 1 amide bonds. The first kappa shape index (κ1) is 14.3. The van der Waals surface area contributed by atoms with Crippen molar-refractivity contribution in [1.29, 1.82) is 0 Å². The molecule has 2 aromatic rings. The minimum Gasteiger partial charge on any atom is -0.460 e. The molecule has 0 saturated heterocycles. The normalized spacial score (nSPS) is 12.3. The minimum absolute atomic E-state index is 0.00797. The molecule has 0 aliphatic carbocycles. The third-order valence-electron chi connectivity index (χ3n) is 3.05. The number of carbonyl (C=O) groups is 1. The lowest BCUT2D eigenvalue weighted by atomic mass is 10.2. The molecule has 1 atom stereocenters. The van der Waals surface area contributed by atoms with Gasteiger partial charge in [0.2, 0.25) is 5.91 Å². The predicted molar refractivity (Wildman–Crippen MR) is 76.0 cm³/mol. The van der Waals surface area contributed by atoms with Crippen LogP contribution in [0.15, 0.2) is 22.7 Å². The van der Waals surface area contributed by atoms with Crippen LogP contribution in [-0.4, -0.2) is 28.7 Å². The number of aromatic nitrogens is 2. The number of rotatable bonds is 6. The first-order chi connectivity index (χ1) is 9.61. The smallest absolute Gasteiger partial charge is 0.236 e. The Morgan fingerprint density at radius 1 is 1.50 bits per heavy atom. The summed E-state index contributed by atoms with van der Waals surface area (Å²) in [5, 5.41) is 12.9. The monoisotopic (exact) mass is 276 g/mol. The number of aryl methyl sites for hydroxylation is 1.